The van der Waals surface area contributed by atoms with Crippen LogP contribution in [0.5, 0.6) is 0 Å². The van der Waals surface area contributed by atoms with Crippen LogP contribution in [0.15, 0.2) is 0 Å². The third-order valence-corrected chi connectivity index (χ3v) is 3.08. The molecule has 0 saturated heterocycles. The Labute approximate surface area is 81.9 Å². The second kappa shape index (κ2) is 3.58. The van der Waals surface area contributed by atoms with Gasteiger partial charge in [-0.25, -0.2) is 0 Å². The molecule has 13 heavy (non-hydrogen) atoms. The van der Waals surface area contributed by atoms with E-state index >= 15 is 0 Å². The molecule has 0 amide bonds. The van der Waals surface area contributed by atoms with E-state index in [0.29, 0.717) is 0 Å². The highest BCUT2D eigenvalue weighted by Gasteiger charge is 2.38. The maximum atomic E-state index is 10.1. The lowest BCUT2D eigenvalue weighted by Crippen LogP contribution is -2.54. The summed E-state index contributed by atoms with van der Waals surface area (Å²) in [5, 5.41) is 11.7. The van der Waals surface area contributed by atoms with Gasteiger partial charge in [-0.05, 0) is 40.5 Å². The fourth-order valence-corrected chi connectivity index (χ4v) is 2.33. The molecular formula is C11H23NO. The Morgan fingerprint density at radius 2 is 1.54 bits per heavy atom. The highest BCUT2D eigenvalue weighted by molar-refractivity contribution is 4.90. The van der Waals surface area contributed by atoms with E-state index in [1.807, 2.05) is 0 Å². The maximum absolute atomic E-state index is 10.1. The normalized spacial score (nSPS) is 23.5. The van der Waals surface area contributed by atoms with Gasteiger partial charge in [0.15, 0.2) is 0 Å². The van der Waals surface area contributed by atoms with Crippen LogP contribution in [0, 0.1) is 0 Å². The fourth-order valence-electron chi connectivity index (χ4n) is 2.33. The Hall–Kier alpha value is -0.0800. The summed E-state index contributed by atoms with van der Waals surface area (Å²) in [7, 11) is 0. The molecule has 0 aliphatic heterocycles. The average Bonchev–Trinajstić information content (AvgIpc) is 2.03. The second-order valence-corrected chi connectivity index (χ2v) is 5.54. The van der Waals surface area contributed by atoms with Gasteiger partial charge in [0.05, 0.1) is 0 Å². The Morgan fingerprint density at radius 1 is 1.08 bits per heavy atom. The van der Waals surface area contributed by atoms with E-state index in [4.69, 9.17) is 0 Å². The minimum Gasteiger partial charge on any atom is -0.313 e. The van der Waals surface area contributed by atoms with Gasteiger partial charge < -0.3 is 5.21 Å². The van der Waals surface area contributed by atoms with Crippen LogP contribution in [0.1, 0.15) is 59.8 Å². The van der Waals surface area contributed by atoms with Crippen LogP contribution in [-0.4, -0.2) is 21.3 Å². The molecule has 0 radical (unpaired) electrons. The van der Waals surface area contributed by atoms with Crippen molar-refractivity contribution in [1.82, 2.24) is 5.06 Å². The van der Waals surface area contributed by atoms with Crippen molar-refractivity contribution in [3.05, 3.63) is 0 Å². The lowest BCUT2D eigenvalue weighted by Gasteiger charge is -2.46. The summed E-state index contributed by atoms with van der Waals surface area (Å²) in [6, 6.07) is 0. The third kappa shape index (κ3) is 2.44. The zero-order valence-electron chi connectivity index (χ0n) is 9.43. The monoisotopic (exact) mass is 185 g/mol. The molecule has 0 aromatic carbocycles. The fraction of sp³-hybridized carbons (Fsp3) is 1.00. The van der Waals surface area contributed by atoms with E-state index in [-0.39, 0.29) is 11.1 Å². The van der Waals surface area contributed by atoms with Gasteiger partial charge in [-0.1, -0.05) is 19.3 Å². The summed E-state index contributed by atoms with van der Waals surface area (Å²) in [5.41, 5.74) is -0.122. The van der Waals surface area contributed by atoms with Crippen molar-refractivity contribution in [3.8, 4) is 0 Å². The molecule has 1 aliphatic rings. The topological polar surface area (TPSA) is 23.5 Å². The van der Waals surface area contributed by atoms with Crippen molar-refractivity contribution in [3.63, 3.8) is 0 Å². The minimum absolute atomic E-state index is 0.0104. The van der Waals surface area contributed by atoms with Gasteiger partial charge in [-0.3, -0.25) is 0 Å². The first kappa shape index (κ1) is 11.0. The van der Waals surface area contributed by atoms with Gasteiger partial charge in [0.2, 0.25) is 0 Å². The van der Waals surface area contributed by atoms with Crippen LogP contribution >= 0.6 is 0 Å². The Balaban J connectivity index is 2.67. The summed E-state index contributed by atoms with van der Waals surface area (Å²) in [6.07, 6.45) is 6.09. The lowest BCUT2D eigenvalue weighted by atomic mass is 9.81. The number of hydrogen-bond acceptors (Lipinski definition) is 2. The van der Waals surface area contributed by atoms with Crippen molar-refractivity contribution in [2.45, 2.75) is 70.9 Å². The molecule has 2 nitrogen and oxygen atoms in total. The van der Waals surface area contributed by atoms with Crippen molar-refractivity contribution in [2.75, 3.05) is 0 Å². The van der Waals surface area contributed by atoms with Gasteiger partial charge in [-0.2, -0.15) is 5.06 Å². The quantitative estimate of drug-likeness (QED) is 0.634. The molecule has 1 rings (SSSR count). The first-order valence-electron chi connectivity index (χ1n) is 5.35. The van der Waals surface area contributed by atoms with Crippen LogP contribution in [0.3, 0.4) is 0 Å². The van der Waals surface area contributed by atoms with Crippen LogP contribution in [0.4, 0.5) is 0 Å². The lowest BCUT2D eigenvalue weighted by molar-refractivity contribution is -0.231. The van der Waals surface area contributed by atoms with E-state index in [1.165, 1.54) is 19.3 Å². The van der Waals surface area contributed by atoms with Crippen LogP contribution in [0.25, 0.3) is 0 Å². The molecule has 0 heterocycles. The van der Waals surface area contributed by atoms with Crippen molar-refractivity contribution in [2.24, 2.45) is 0 Å². The largest absolute Gasteiger partial charge is 0.313 e. The third-order valence-electron chi connectivity index (χ3n) is 3.08. The molecule has 0 aromatic heterocycles. The Kier molecular flexibility index (Phi) is 3.03. The molecule has 1 fully saturated rings. The van der Waals surface area contributed by atoms with Gasteiger partial charge in [0.25, 0.3) is 0 Å². The molecule has 1 aliphatic carbocycles. The molecule has 0 spiro atoms. The van der Waals surface area contributed by atoms with Crippen molar-refractivity contribution in [1.29, 1.82) is 0 Å². The van der Waals surface area contributed by atoms with E-state index in [9.17, 15) is 5.21 Å². The summed E-state index contributed by atoms with van der Waals surface area (Å²) in [5.74, 6) is 0. The first-order valence-corrected chi connectivity index (χ1v) is 5.35. The smallest absolute Gasteiger partial charge is 0.0438 e. The van der Waals surface area contributed by atoms with E-state index in [1.54, 1.807) is 5.06 Å². The van der Waals surface area contributed by atoms with Crippen molar-refractivity contribution >= 4 is 0 Å². The first-order chi connectivity index (χ1) is 5.86. The number of hydrogen-bond donors (Lipinski definition) is 1. The Morgan fingerprint density at radius 3 is 1.92 bits per heavy atom. The highest BCUT2D eigenvalue weighted by atomic mass is 16.5. The number of hydroxylamine groups is 2. The summed E-state index contributed by atoms with van der Waals surface area (Å²) in [4.78, 5) is 0. The van der Waals surface area contributed by atoms with Crippen LogP contribution < -0.4 is 0 Å². The van der Waals surface area contributed by atoms with E-state index < -0.39 is 0 Å². The molecule has 0 aromatic rings. The summed E-state index contributed by atoms with van der Waals surface area (Å²) < 4.78 is 0. The standard InChI is InChI=1S/C11H23NO/c1-10(2,3)12(13)11(4)8-6-5-7-9-11/h13H,5-9H2,1-4H3. The number of rotatable bonds is 1. The zero-order valence-corrected chi connectivity index (χ0v) is 9.43. The van der Waals surface area contributed by atoms with Crippen molar-refractivity contribution < 1.29 is 5.21 Å². The van der Waals surface area contributed by atoms with E-state index in [0.717, 1.165) is 12.8 Å². The SMILES string of the molecule is CC(C)(C)N(O)C1(C)CCCCC1. The predicted octanol–water partition coefficient (Wildman–Crippen LogP) is 3.20. The molecule has 1 saturated carbocycles. The molecular weight excluding hydrogens is 162 g/mol. The van der Waals surface area contributed by atoms with Gasteiger partial charge in [0, 0.05) is 11.1 Å². The molecule has 2 heteroatoms. The molecule has 78 valence electrons. The average molecular weight is 185 g/mol. The summed E-state index contributed by atoms with van der Waals surface area (Å²) >= 11 is 0. The highest BCUT2D eigenvalue weighted by Crippen LogP contribution is 2.35. The molecule has 0 unspecified atom stereocenters. The maximum Gasteiger partial charge on any atom is 0.0438 e. The molecule has 0 atom stereocenters. The van der Waals surface area contributed by atoms with Crippen LogP contribution in [-0.2, 0) is 0 Å². The molecule has 1 N–H and O–H groups in total. The van der Waals surface area contributed by atoms with Crippen LogP contribution in [0.2, 0.25) is 0 Å². The molecule has 0 bridgehead atoms. The predicted molar refractivity (Wildman–Crippen MR) is 54.9 cm³/mol. The van der Waals surface area contributed by atoms with E-state index in [2.05, 4.69) is 27.7 Å². The zero-order chi connectivity index (χ0) is 10.1. The second-order valence-electron chi connectivity index (χ2n) is 5.54. The minimum atomic E-state index is -0.133. The van der Waals surface area contributed by atoms with Gasteiger partial charge in [0.1, 0.15) is 0 Å². The number of nitrogens with zero attached hydrogens (tertiary/aromatic N) is 1. The Bertz CT molecular complexity index is 165. The summed E-state index contributed by atoms with van der Waals surface area (Å²) in [6.45, 7) is 8.37. The van der Waals surface area contributed by atoms with Gasteiger partial charge >= 0.3 is 0 Å². The van der Waals surface area contributed by atoms with Gasteiger partial charge in [-0.15, -0.1) is 0 Å².